The number of carbonyl (C=O) groups excluding carboxylic acids is 1. The molecule has 6 nitrogen and oxygen atoms in total. The van der Waals surface area contributed by atoms with Crippen molar-refractivity contribution in [1.82, 2.24) is 4.90 Å². The van der Waals surface area contributed by atoms with E-state index in [4.69, 9.17) is 16.7 Å². The van der Waals surface area contributed by atoms with Crippen LogP contribution in [-0.2, 0) is 21.4 Å². The van der Waals surface area contributed by atoms with Gasteiger partial charge in [0.05, 0.1) is 10.9 Å². The molecule has 0 heterocycles. The van der Waals surface area contributed by atoms with Crippen LogP contribution < -0.4 is 10.5 Å². The molecule has 0 unspecified atom stereocenters. The number of anilines is 1. The van der Waals surface area contributed by atoms with E-state index in [0.29, 0.717) is 16.3 Å². The summed E-state index contributed by atoms with van der Waals surface area (Å²) in [6.07, 6.45) is 0. The van der Waals surface area contributed by atoms with E-state index in [1.54, 1.807) is 24.9 Å². The number of carbonyl (C=O) groups is 1. The fourth-order valence-electron chi connectivity index (χ4n) is 2.24. The van der Waals surface area contributed by atoms with Gasteiger partial charge in [-0.15, -0.1) is 0 Å². The SMILES string of the molecule is C[C@@H](C(=O)Nc1ccc(S(N)(=O)=O)cc1)N(C)Cc1c(F)cccc1Cl. The van der Waals surface area contributed by atoms with Crippen molar-refractivity contribution in [3.8, 4) is 0 Å². The van der Waals surface area contributed by atoms with Gasteiger partial charge in [0.25, 0.3) is 0 Å². The standard InChI is InChI=1S/C17H19ClFN3O3S/c1-11(22(2)10-14-15(18)4-3-5-16(14)19)17(23)21-12-6-8-13(9-7-12)26(20,24)25/h3-9,11H,10H2,1-2H3,(H,21,23)(H2,20,24,25)/t11-/m0/s1. The Morgan fingerprint density at radius 1 is 1.27 bits per heavy atom. The first-order valence-corrected chi connectivity index (χ1v) is 9.59. The number of nitrogens with two attached hydrogens (primary N) is 1. The van der Waals surface area contributed by atoms with Crippen molar-refractivity contribution in [3.63, 3.8) is 0 Å². The lowest BCUT2D eigenvalue weighted by Crippen LogP contribution is -2.39. The van der Waals surface area contributed by atoms with E-state index in [9.17, 15) is 17.6 Å². The second-order valence-corrected chi connectivity index (χ2v) is 7.82. The number of hydrogen-bond acceptors (Lipinski definition) is 4. The summed E-state index contributed by atoms with van der Waals surface area (Å²) in [5, 5.41) is 8.00. The van der Waals surface area contributed by atoms with Crippen molar-refractivity contribution in [2.75, 3.05) is 12.4 Å². The molecule has 2 rings (SSSR count). The minimum atomic E-state index is -3.79. The molecule has 2 aromatic carbocycles. The zero-order valence-corrected chi connectivity index (χ0v) is 15.8. The molecule has 2 aromatic rings. The van der Waals surface area contributed by atoms with Gasteiger partial charge in [-0.2, -0.15) is 0 Å². The molecular weight excluding hydrogens is 381 g/mol. The molecule has 0 bridgehead atoms. The third kappa shape index (κ3) is 5.01. The molecule has 1 amide bonds. The Morgan fingerprint density at radius 3 is 2.42 bits per heavy atom. The van der Waals surface area contributed by atoms with Gasteiger partial charge in [0.15, 0.2) is 0 Å². The Labute approximate surface area is 156 Å². The van der Waals surface area contributed by atoms with Gasteiger partial charge < -0.3 is 5.32 Å². The maximum Gasteiger partial charge on any atom is 0.241 e. The fraction of sp³-hybridized carbons (Fsp3) is 0.235. The summed E-state index contributed by atoms with van der Waals surface area (Å²) in [5.41, 5.74) is 0.736. The highest BCUT2D eigenvalue weighted by molar-refractivity contribution is 7.89. The normalized spacial score (nSPS) is 12.8. The van der Waals surface area contributed by atoms with Crippen molar-refractivity contribution in [1.29, 1.82) is 0 Å². The molecule has 0 spiro atoms. The molecular formula is C17H19ClFN3O3S. The second-order valence-electron chi connectivity index (χ2n) is 5.85. The highest BCUT2D eigenvalue weighted by atomic mass is 35.5. The monoisotopic (exact) mass is 399 g/mol. The van der Waals surface area contributed by atoms with E-state index in [2.05, 4.69) is 5.32 Å². The van der Waals surface area contributed by atoms with E-state index in [1.807, 2.05) is 0 Å². The largest absolute Gasteiger partial charge is 0.325 e. The highest BCUT2D eigenvalue weighted by Crippen LogP contribution is 2.21. The predicted molar refractivity (Wildman–Crippen MR) is 98.8 cm³/mol. The molecule has 1 atom stereocenters. The average molecular weight is 400 g/mol. The maximum absolute atomic E-state index is 13.9. The number of primary sulfonamides is 1. The third-order valence-electron chi connectivity index (χ3n) is 3.96. The van der Waals surface area contributed by atoms with E-state index < -0.39 is 21.9 Å². The molecule has 26 heavy (non-hydrogen) atoms. The molecule has 0 aliphatic heterocycles. The first-order chi connectivity index (χ1) is 12.1. The van der Waals surface area contributed by atoms with Crippen LogP contribution in [0.15, 0.2) is 47.4 Å². The quantitative estimate of drug-likeness (QED) is 0.780. The summed E-state index contributed by atoms with van der Waals surface area (Å²) in [6, 6.07) is 9.33. The lowest BCUT2D eigenvalue weighted by Gasteiger charge is -2.24. The number of nitrogens with zero attached hydrogens (tertiary/aromatic N) is 1. The summed E-state index contributed by atoms with van der Waals surface area (Å²) in [6.45, 7) is 1.83. The molecule has 0 saturated carbocycles. The van der Waals surface area contributed by atoms with Crippen molar-refractivity contribution >= 4 is 33.2 Å². The minimum absolute atomic E-state index is 0.0464. The van der Waals surface area contributed by atoms with Crippen molar-refractivity contribution in [3.05, 3.63) is 58.9 Å². The summed E-state index contributed by atoms with van der Waals surface area (Å²) in [5.74, 6) is -0.765. The molecule has 3 N–H and O–H groups in total. The number of amides is 1. The molecule has 0 saturated heterocycles. The van der Waals surface area contributed by atoms with Gasteiger partial charge in [0, 0.05) is 22.8 Å². The number of halogens is 2. The Morgan fingerprint density at radius 2 is 1.88 bits per heavy atom. The van der Waals surface area contributed by atoms with Gasteiger partial charge in [0.2, 0.25) is 15.9 Å². The molecule has 140 valence electrons. The number of likely N-dealkylation sites (N-methyl/N-ethyl adjacent to an activating group) is 1. The summed E-state index contributed by atoms with van der Waals surface area (Å²) < 4.78 is 36.4. The van der Waals surface area contributed by atoms with Gasteiger partial charge >= 0.3 is 0 Å². The number of benzene rings is 2. The molecule has 0 radical (unpaired) electrons. The van der Waals surface area contributed by atoms with Crippen molar-refractivity contribution in [2.45, 2.75) is 24.4 Å². The van der Waals surface area contributed by atoms with E-state index in [1.165, 1.54) is 36.4 Å². The zero-order valence-electron chi connectivity index (χ0n) is 14.2. The smallest absolute Gasteiger partial charge is 0.241 e. The second kappa shape index (κ2) is 8.13. The molecule has 0 aliphatic rings. The molecule has 0 aliphatic carbocycles. The van der Waals surface area contributed by atoms with Crippen LogP contribution in [0.1, 0.15) is 12.5 Å². The van der Waals surface area contributed by atoms with E-state index >= 15 is 0 Å². The van der Waals surface area contributed by atoms with E-state index in [0.717, 1.165) is 0 Å². The maximum atomic E-state index is 13.9. The van der Waals surface area contributed by atoms with Gasteiger partial charge in [0.1, 0.15) is 5.82 Å². The van der Waals surface area contributed by atoms with Gasteiger partial charge in [-0.1, -0.05) is 17.7 Å². The van der Waals surface area contributed by atoms with Crippen LogP contribution >= 0.6 is 11.6 Å². The summed E-state index contributed by atoms with van der Waals surface area (Å²) in [7, 11) is -2.11. The first kappa shape index (κ1) is 20.3. The van der Waals surface area contributed by atoms with Crippen molar-refractivity contribution < 1.29 is 17.6 Å². The Kier molecular flexibility index (Phi) is 6.35. The summed E-state index contributed by atoms with van der Waals surface area (Å²) >= 11 is 6.01. The van der Waals surface area contributed by atoms with Crippen molar-refractivity contribution in [2.24, 2.45) is 5.14 Å². The number of rotatable bonds is 6. The molecule has 9 heteroatoms. The van der Waals surface area contributed by atoms with Crippen LogP contribution in [0.4, 0.5) is 10.1 Å². The topological polar surface area (TPSA) is 92.5 Å². The minimum Gasteiger partial charge on any atom is -0.325 e. The third-order valence-corrected chi connectivity index (χ3v) is 5.24. The summed E-state index contributed by atoms with van der Waals surface area (Å²) in [4.78, 5) is 14.0. The van der Waals surface area contributed by atoms with E-state index in [-0.39, 0.29) is 17.3 Å². The number of hydrogen-bond donors (Lipinski definition) is 2. The van der Waals surface area contributed by atoms with Gasteiger partial charge in [-0.3, -0.25) is 9.69 Å². The molecule has 0 aromatic heterocycles. The van der Waals surface area contributed by atoms with Gasteiger partial charge in [-0.25, -0.2) is 17.9 Å². The number of nitrogens with one attached hydrogen (secondary N) is 1. The van der Waals surface area contributed by atoms with Crippen LogP contribution in [0.3, 0.4) is 0 Å². The Balaban J connectivity index is 2.04. The van der Waals surface area contributed by atoms with Crippen LogP contribution in [-0.4, -0.2) is 32.3 Å². The number of sulfonamides is 1. The first-order valence-electron chi connectivity index (χ1n) is 7.66. The lowest BCUT2D eigenvalue weighted by molar-refractivity contribution is -0.120. The predicted octanol–water partition coefficient (Wildman–Crippen LogP) is 2.59. The van der Waals surface area contributed by atoms with Crippen LogP contribution in [0, 0.1) is 5.82 Å². The van der Waals surface area contributed by atoms with Crippen LogP contribution in [0.25, 0.3) is 0 Å². The average Bonchev–Trinajstić information content (AvgIpc) is 2.57. The highest BCUT2D eigenvalue weighted by Gasteiger charge is 2.20. The van der Waals surface area contributed by atoms with Crippen LogP contribution in [0.5, 0.6) is 0 Å². The Bertz CT molecular complexity index is 884. The molecule has 0 fully saturated rings. The fourth-order valence-corrected chi connectivity index (χ4v) is 2.98. The van der Waals surface area contributed by atoms with Gasteiger partial charge in [-0.05, 0) is 50.4 Å². The zero-order chi connectivity index (χ0) is 19.5. The lowest BCUT2D eigenvalue weighted by atomic mass is 10.1. The Hall–Kier alpha value is -2.00. The van der Waals surface area contributed by atoms with Crippen LogP contribution in [0.2, 0.25) is 5.02 Å².